The number of allylic oxidation sites excluding steroid dienone is 4. The summed E-state index contributed by atoms with van der Waals surface area (Å²) in [6, 6.07) is 5.84. The first-order valence-corrected chi connectivity index (χ1v) is 12.3. The Morgan fingerprint density at radius 3 is 1.95 bits per heavy atom. The number of nitrogens with one attached hydrogen (secondary N) is 2. The van der Waals surface area contributed by atoms with Crippen LogP contribution in [-0.2, 0) is 19.0 Å². The minimum atomic E-state index is -1.01. The van der Waals surface area contributed by atoms with Crippen LogP contribution >= 0.6 is 11.6 Å². The Bertz CT molecular complexity index is 1200. The molecule has 1 aromatic rings. The van der Waals surface area contributed by atoms with Crippen molar-refractivity contribution in [3.8, 4) is 0 Å². The van der Waals surface area contributed by atoms with E-state index in [9.17, 15) is 19.2 Å². The lowest BCUT2D eigenvalue weighted by Crippen LogP contribution is -2.47. The molecule has 0 saturated heterocycles. The van der Waals surface area contributed by atoms with Crippen LogP contribution in [0.25, 0.3) is 0 Å². The summed E-state index contributed by atoms with van der Waals surface area (Å²) in [4.78, 5) is 52.4. The van der Waals surface area contributed by atoms with Gasteiger partial charge in [0.25, 0.3) is 0 Å². The normalized spacial score (nSPS) is 13.5. The number of ether oxygens (including phenoxy) is 3. The van der Waals surface area contributed by atoms with Crippen LogP contribution in [0.5, 0.6) is 0 Å². The first kappa shape index (κ1) is 31.1. The standard InChI is InChI=1S/C27H32ClN3O8/c1-26(2,3)38-24(35)30-23(31-25(36)39-27(4,5)6)29-19-10-8-17(9-11-19)22(34)37-20-12-7-16(14-21(32)33)13-18(28)15-20/h7-13H,14-15H2,1-6H3,(H,32,33)(H2,29,30,31,35,36). The van der Waals surface area contributed by atoms with Crippen molar-refractivity contribution in [3.63, 3.8) is 0 Å². The van der Waals surface area contributed by atoms with Gasteiger partial charge in [-0.15, -0.1) is 0 Å². The number of alkyl carbamates (subject to hydrolysis) is 2. The Morgan fingerprint density at radius 2 is 1.46 bits per heavy atom. The molecular weight excluding hydrogens is 530 g/mol. The van der Waals surface area contributed by atoms with Crippen molar-refractivity contribution >= 4 is 47.4 Å². The highest BCUT2D eigenvalue weighted by atomic mass is 35.5. The Hall–Kier alpha value is -4.12. The number of rotatable bonds is 5. The van der Waals surface area contributed by atoms with Crippen LogP contribution in [0.15, 0.2) is 63.9 Å². The topological polar surface area (TPSA) is 153 Å². The van der Waals surface area contributed by atoms with E-state index in [4.69, 9.17) is 30.9 Å². The smallest absolute Gasteiger partial charge is 0.414 e. The Labute approximate surface area is 231 Å². The fourth-order valence-electron chi connectivity index (χ4n) is 2.95. The van der Waals surface area contributed by atoms with Gasteiger partial charge in [-0.05, 0) is 83.5 Å². The van der Waals surface area contributed by atoms with E-state index in [2.05, 4.69) is 15.6 Å². The number of carboxylic acid groups (broad SMARTS) is 1. The third kappa shape index (κ3) is 12.3. The SMILES string of the molecule is CC(C)(C)OC(=O)NC(=Nc1ccc(C(=O)OC2=CC=C(CC(=O)O)C=C(Cl)C2)cc1)NC(=O)OC(C)(C)C. The van der Waals surface area contributed by atoms with Crippen molar-refractivity contribution in [3.05, 3.63) is 64.4 Å². The van der Waals surface area contributed by atoms with Crippen LogP contribution in [0.2, 0.25) is 0 Å². The zero-order valence-corrected chi connectivity index (χ0v) is 23.3. The fourth-order valence-corrected chi connectivity index (χ4v) is 3.22. The first-order chi connectivity index (χ1) is 18.0. The molecule has 0 radical (unpaired) electrons. The Balaban J connectivity index is 2.19. The summed E-state index contributed by atoms with van der Waals surface area (Å²) in [5.41, 5.74) is -0.630. The maximum Gasteiger partial charge on any atom is 0.414 e. The van der Waals surface area contributed by atoms with Gasteiger partial charge in [0.2, 0.25) is 5.96 Å². The third-order valence-electron chi connectivity index (χ3n) is 4.33. The van der Waals surface area contributed by atoms with Crippen molar-refractivity contribution in [1.82, 2.24) is 10.6 Å². The molecule has 39 heavy (non-hydrogen) atoms. The second kappa shape index (κ2) is 13.1. The third-order valence-corrected chi connectivity index (χ3v) is 4.57. The number of esters is 1. The summed E-state index contributed by atoms with van der Waals surface area (Å²) in [5, 5.41) is 14.0. The highest BCUT2D eigenvalue weighted by molar-refractivity contribution is 6.30. The van der Waals surface area contributed by atoms with Gasteiger partial charge in [0.15, 0.2) is 0 Å². The van der Waals surface area contributed by atoms with E-state index in [1.807, 2.05) is 0 Å². The van der Waals surface area contributed by atoms with Crippen LogP contribution in [0.1, 0.15) is 64.7 Å². The molecule has 0 bridgehead atoms. The van der Waals surface area contributed by atoms with Gasteiger partial charge in [-0.1, -0.05) is 17.7 Å². The molecule has 0 aliphatic heterocycles. The summed E-state index contributed by atoms with van der Waals surface area (Å²) < 4.78 is 15.9. The highest BCUT2D eigenvalue weighted by Gasteiger charge is 2.21. The molecule has 210 valence electrons. The number of aliphatic imine (C=N–C) groups is 1. The van der Waals surface area contributed by atoms with Gasteiger partial charge in [-0.25, -0.2) is 19.4 Å². The molecule has 12 heteroatoms. The molecule has 0 saturated carbocycles. The minimum absolute atomic E-state index is 0.116. The monoisotopic (exact) mass is 561 g/mol. The summed E-state index contributed by atoms with van der Waals surface area (Å²) in [7, 11) is 0. The molecule has 0 aromatic heterocycles. The van der Waals surface area contributed by atoms with Crippen molar-refractivity contribution in [2.24, 2.45) is 4.99 Å². The van der Waals surface area contributed by atoms with E-state index in [0.717, 1.165) is 0 Å². The quantitative estimate of drug-likeness (QED) is 0.179. The largest absolute Gasteiger partial charge is 0.481 e. The van der Waals surface area contributed by atoms with E-state index in [0.29, 0.717) is 10.6 Å². The van der Waals surface area contributed by atoms with Crippen molar-refractivity contribution in [1.29, 1.82) is 0 Å². The Kier molecular flexibility index (Phi) is 10.4. The predicted molar refractivity (Wildman–Crippen MR) is 145 cm³/mol. The van der Waals surface area contributed by atoms with Crippen LogP contribution in [0.4, 0.5) is 15.3 Å². The number of benzene rings is 1. The van der Waals surface area contributed by atoms with Crippen LogP contribution in [0.3, 0.4) is 0 Å². The van der Waals surface area contributed by atoms with Crippen molar-refractivity contribution < 1.29 is 38.5 Å². The predicted octanol–water partition coefficient (Wildman–Crippen LogP) is 5.69. The summed E-state index contributed by atoms with van der Waals surface area (Å²) in [5.74, 6) is -1.68. The second-order valence-corrected chi connectivity index (χ2v) is 10.8. The lowest BCUT2D eigenvalue weighted by atomic mass is 10.1. The molecule has 1 aliphatic carbocycles. The summed E-state index contributed by atoms with van der Waals surface area (Å²) >= 11 is 6.14. The zero-order chi connectivity index (χ0) is 29.4. The van der Waals surface area contributed by atoms with E-state index < -0.39 is 35.3 Å². The number of carbonyl (C=O) groups excluding carboxylic acids is 3. The second-order valence-electron chi connectivity index (χ2n) is 10.4. The van der Waals surface area contributed by atoms with Gasteiger partial charge in [-0.2, -0.15) is 0 Å². The molecule has 2 amide bonds. The molecule has 3 N–H and O–H groups in total. The molecule has 0 fully saturated rings. The number of hydrogen-bond donors (Lipinski definition) is 3. The number of aliphatic carboxylic acids is 1. The van der Waals surface area contributed by atoms with Crippen molar-refractivity contribution in [2.45, 2.75) is 65.6 Å². The number of guanidine groups is 1. The number of halogens is 1. The van der Waals surface area contributed by atoms with Gasteiger partial charge < -0.3 is 19.3 Å². The maximum atomic E-state index is 12.7. The zero-order valence-electron chi connectivity index (χ0n) is 22.6. The van der Waals surface area contributed by atoms with E-state index in [1.165, 1.54) is 42.5 Å². The maximum absolute atomic E-state index is 12.7. The lowest BCUT2D eigenvalue weighted by Gasteiger charge is -2.22. The van der Waals surface area contributed by atoms with Crippen LogP contribution in [0, 0.1) is 0 Å². The molecule has 1 aromatic carbocycles. The fraction of sp³-hybridized carbons (Fsp3) is 0.370. The van der Waals surface area contributed by atoms with E-state index in [1.54, 1.807) is 41.5 Å². The van der Waals surface area contributed by atoms with E-state index >= 15 is 0 Å². The van der Waals surface area contributed by atoms with Crippen molar-refractivity contribution in [2.75, 3.05) is 0 Å². The van der Waals surface area contributed by atoms with Crippen LogP contribution < -0.4 is 10.6 Å². The molecule has 0 heterocycles. The first-order valence-electron chi connectivity index (χ1n) is 11.9. The van der Waals surface area contributed by atoms with Gasteiger partial charge in [0.1, 0.15) is 17.0 Å². The molecular formula is C27H32ClN3O8. The van der Waals surface area contributed by atoms with Crippen LogP contribution in [-0.4, -0.2) is 46.4 Å². The number of carboxylic acids is 1. The number of carbonyl (C=O) groups is 4. The summed E-state index contributed by atoms with van der Waals surface area (Å²) in [6.45, 7) is 10.1. The summed E-state index contributed by atoms with van der Waals surface area (Å²) in [6.07, 6.45) is 2.76. The number of hydrogen-bond acceptors (Lipinski definition) is 8. The highest BCUT2D eigenvalue weighted by Crippen LogP contribution is 2.24. The van der Waals surface area contributed by atoms with Gasteiger partial charge in [0, 0.05) is 11.5 Å². The number of amides is 2. The molecule has 2 rings (SSSR count). The lowest BCUT2D eigenvalue weighted by molar-refractivity contribution is -0.136. The molecule has 0 unspecified atom stereocenters. The average Bonchev–Trinajstić information content (AvgIpc) is 2.91. The average molecular weight is 562 g/mol. The van der Waals surface area contributed by atoms with E-state index in [-0.39, 0.29) is 35.8 Å². The van der Waals surface area contributed by atoms with Gasteiger partial charge in [0.05, 0.1) is 17.7 Å². The Morgan fingerprint density at radius 1 is 0.923 bits per heavy atom. The molecule has 0 atom stereocenters. The molecule has 0 spiro atoms. The number of nitrogens with zero attached hydrogens (tertiary/aromatic N) is 1. The minimum Gasteiger partial charge on any atom is -0.481 e. The molecule has 1 aliphatic rings. The molecule has 11 nitrogen and oxygen atoms in total. The van der Waals surface area contributed by atoms with Gasteiger partial charge in [-0.3, -0.25) is 15.4 Å². The van der Waals surface area contributed by atoms with Gasteiger partial charge >= 0.3 is 24.1 Å².